The topological polar surface area (TPSA) is 57.7 Å². The van der Waals surface area contributed by atoms with Gasteiger partial charge in [-0.05, 0) is 81.2 Å². The second-order valence-corrected chi connectivity index (χ2v) is 12.8. The first-order valence-corrected chi connectivity index (χ1v) is 14.9. The number of hydrogen-bond donors (Lipinski definition) is 0. The van der Waals surface area contributed by atoms with Crippen LogP contribution >= 0.6 is 11.3 Å². The number of benzene rings is 2. The van der Waals surface area contributed by atoms with E-state index in [-0.39, 0.29) is 24.5 Å². The molecular weight excluding hydrogens is 488 g/mol. The predicted octanol–water partition coefficient (Wildman–Crippen LogP) is 5.95. The van der Waals surface area contributed by atoms with E-state index < -0.39 is 10.0 Å². The third kappa shape index (κ3) is 5.01. The first-order valence-electron chi connectivity index (χ1n) is 12.6. The van der Waals surface area contributed by atoms with Crippen LogP contribution in [0.5, 0.6) is 0 Å². The minimum atomic E-state index is -3.87. The molecule has 5 nitrogen and oxygen atoms in total. The molecule has 1 aromatic heterocycles. The highest BCUT2D eigenvalue weighted by Crippen LogP contribution is 2.38. The van der Waals surface area contributed by atoms with Crippen LogP contribution in [0.1, 0.15) is 64.6 Å². The van der Waals surface area contributed by atoms with Crippen LogP contribution in [0.25, 0.3) is 0 Å². The fourth-order valence-electron chi connectivity index (χ4n) is 5.29. The average Bonchev–Trinajstić information content (AvgIpc) is 3.30. The fraction of sp³-hybridized carbons (Fsp3) is 0.414. The molecule has 1 aliphatic heterocycles. The second-order valence-electron chi connectivity index (χ2n) is 9.98. The van der Waals surface area contributed by atoms with E-state index in [1.807, 2.05) is 58.6 Å². The van der Waals surface area contributed by atoms with Gasteiger partial charge in [0, 0.05) is 17.5 Å². The van der Waals surface area contributed by atoms with Gasteiger partial charge in [0.05, 0.1) is 17.5 Å². The number of carbonyl (C=O) groups excluding carboxylic acids is 1. The maximum absolute atomic E-state index is 14.0. The molecule has 2 heterocycles. The van der Waals surface area contributed by atoms with Crippen molar-refractivity contribution in [3.63, 3.8) is 0 Å². The predicted molar refractivity (Wildman–Crippen MR) is 147 cm³/mol. The van der Waals surface area contributed by atoms with Crippen molar-refractivity contribution in [2.45, 2.75) is 71.4 Å². The number of thiophene rings is 1. The van der Waals surface area contributed by atoms with Crippen LogP contribution in [0.3, 0.4) is 0 Å². The number of sulfonamides is 1. The van der Waals surface area contributed by atoms with Crippen LogP contribution in [0.2, 0.25) is 0 Å². The van der Waals surface area contributed by atoms with Crippen molar-refractivity contribution in [2.24, 2.45) is 0 Å². The van der Waals surface area contributed by atoms with E-state index in [0.29, 0.717) is 29.0 Å². The van der Waals surface area contributed by atoms with Gasteiger partial charge in [0.1, 0.15) is 0 Å². The molecule has 192 valence electrons. The molecule has 0 spiro atoms. The summed E-state index contributed by atoms with van der Waals surface area (Å²) < 4.78 is 29.4. The van der Waals surface area contributed by atoms with E-state index in [0.717, 1.165) is 28.7 Å². The third-order valence-corrected chi connectivity index (χ3v) is 10.5. The standard InChI is InChI=1S/C29H36N2O3S2/c1-7-23(6)31(36(33,34)29-21(4)16-20(3)17-22(29)5)18-27(32)30-14-12-26-25(13-15-35-26)28(30)24-10-8-19(2)9-11-24/h8-11,13,15-17,23,28H,7,12,14,18H2,1-6H3. The number of carbonyl (C=O) groups is 1. The molecular formula is C29H36N2O3S2. The van der Waals surface area contributed by atoms with E-state index in [4.69, 9.17) is 0 Å². The van der Waals surface area contributed by atoms with Crippen LogP contribution in [-0.2, 0) is 21.2 Å². The van der Waals surface area contributed by atoms with Crippen molar-refractivity contribution in [2.75, 3.05) is 13.1 Å². The van der Waals surface area contributed by atoms with Gasteiger partial charge in [0.2, 0.25) is 15.9 Å². The lowest BCUT2D eigenvalue weighted by atomic mass is 9.92. The van der Waals surface area contributed by atoms with E-state index in [1.165, 1.54) is 9.18 Å². The van der Waals surface area contributed by atoms with Crippen molar-refractivity contribution in [3.8, 4) is 0 Å². The summed E-state index contributed by atoms with van der Waals surface area (Å²) >= 11 is 1.72. The molecule has 0 bridgehead atoms. The Hall–Kier alpha value is -2.48. The molecule has 2 atom stereocenters. The summed E-state index contributed by atoms with van der Waals surface area (Å²) in [6.45, 7) is 11.9. The van der Waals surface area contributed by atoms with Crippen LogP contribution in [0.4, 0.5) is 0 Å². The van der Waals surface area contributed by atoms with E-state index in [2.05, 4.69) is 35.7 Å². The molecule has 3 aromatic rings. The van der Waals surface area contributed by atoms with Gasteiger partial charge in [-0.2, -0.15) is 4.31 Å². The van der Waals surface area contributed by atoms with Crippen molar-refractivity contribution in [1.29, 1.82) is 0 Å². The Labute approximate surface area is 219 Å². The number of amides is 1. The molecule has 2 aromatic carbocycles. The average molecular weight is 525 g/mol. The van der Waals surface area contributed by atoms with Gasteiger partial charge in [0.25, 0.3) is 0 Å². The Kier molecular flexibility index (Phi) is 7.74. The van der Waals surface area contributed by atoms with Gasteiger partial charge < -0.3 is 4.90 Å². The lowest BCUT2D eigenvalue weighted by molar-refractivity contribution is -0.133. The van der Waals surface area contributed by atoms with Crippen LogP contribution in [0, 0.1) is 27.7 Å². The number of rotatable bonds is 7. The zero-order valence-electron chi connectivity index (χ0n) is 22.0. The molecule has 1 aliphatic rings. The molecule has 4 rings (SSSR count). The summed E-state index contributed by atoms with van der Waals surface area (Å²) in [6, 6.07) is 13.7. The van der Waals surface area contributed by atoms with E-state index in [9.17, 15) is 13.2 Å². The third-order valence-electron chi connectivity index (χ3n) is 7.22. The number of aryl methyl sites for hydroxylation is 4. The summed E-state index contributed by atoms with van der Waals surface area (Å²) in [4.78, 5) is 17.4. The van der Waals surface area contributed by atoms with Crippen LogP contribution in [-0.4, -0.2) is 42.7 Å². The van der Waals surface area contributed by atoms with Gasteiger partial charge in [0.15, 0.2) is 0 Å². The van der Waals surface area contributed by atoms with Gasteiger partial charge in [-0.15, -0.1) is 11.3 Å². The molecule has 0 radical (unpaired) electrons. The SMILES string of the molecule is CCC(C)N(CC(=O)N1CCc2sccc2C1c1ccc(C)cc1)S(=O)(=O)c1c(C)cc(C)cc1C. The highest BCUT2D eigenvalue weighted by atomic mass is 32.2. The van der Waals surface area contributed by atoms with Crippen LogP contribution in [0.15, 0.2) is 52.7 Å². The largest absolute Gasteiger partial charge is 0.330 e. The molecule has 2 unspecified atom stereocenters. The molecule has 0 saturated heterocycles. The zero-order valence-corrected chi connectivity index (χ0v) is 23.7. The lowest BCUT2D eigenvalue weighted by Gasteiger charge is -2.38. The highest BCUT2D eigenvalue weighted by Gasteiger charge is 2.37. The summed E-state index contributed by atoms with van der Waals surface area (Å²) in [7, 11) is -3.87. The number of nitrogens with zero attached hydrogens (tertiary/aromatic N) is 2. The van der Waals surface area contributed by atoms with Crippen molar-refractivity contribution in [3.05, 3.63) is 86.1 Å². The Morgan fingerprint density at radius 3 is 2.31 bits per heavy atom. The quantitative estimate of drug-likeness (QED) is 0.384. The Morgan fingerprint density at radius 2 is 1.69 bits per heavy atom. The normalized spacial score (nSPS) is 16.8. The second kappa shape index (κ2) is 10.5. The lowest BCUT2D eigenvalue weighted by Crippen LogP contribution is -2.49. The Balaban J connectivity index is 1.72. The van der Waals surface area contributed by atoms with E-state index >= 15 is 0 Å². The van der Waals surface area contributed by atoms with E-state index in [1.54, 1.807) is 11.3 Å². The number of hydrogen-bond acceptors (Lipinski definition) is 4. The van der Waals surface area contributed by atoms with Gasteiger partial charge in [-0.1, -0.05) is 54.4 Å². The summed E-state index contributed by atoms with van der Waals surface area (Å²) in [6.07, 6.45) is 1.40. The molecule has 1 amide bonds. The minimum absolute atomic E-state index is 0.163. The monoisotopic (exact) mass is 524 g/mol. The Morgan fingerprint density at radius 1 is 1.06 bits per heavy atom. The van der Waals surface area contributed by atoms with Crippen molar-refractivity contribution >= 4 is 27.3 Å². The van der Waals surface area contributed by atoms with Gasteiger partial charge in [-0.3, -0.25) is 4.79 Å². The van der Waals surface area contributed by atoms with Gasteiger partial charge in [-0.25, -0.2) is 8.42 Å². The smallest absolute Gasteiger partial charge is 0.244 e. The molecule has 0 N–H and O–H groups in total. The summed E-state index contributed by atoms with van der Waals surface area (Å²) in [5.74, 6) is -0.163. The fourth-order valence-corrected chi connectivity index (χ4v) is 8.26. The molecule has 0 fully saturated rings. The zero-order chi connectivity index (χ0) is 26.2. The first-order chi connectivity index (χ1) is 17.0. The minimum Gasteiger partial charge on any atom is -0.330 e. The molecule has 7 heteroatoms. The molecule has 0 aliphatic carbocycles. The maximum atomic E-state index is 14.0. The van der Waals surface area contributed by atoms with Crippen LogP contribution < -0.4 is 0 Å². The first kappa shape index (κ1) is 26.6. The van der Waals surface area contributed by atoms with Gasteiger partial charge >= 0.3 is 0 Å². The maximum Gasteiger partial charge on any atom is 0.244 e. The highest BCUT2D eigenvalue weighted by molar-refractivity contribution is 7.89. The summed E-state index contributed by atoms with van der Waals surface area (Å²) in [5.41, 5.74) is 5.81. The summed E-state index contributed by atoms with van der Waals surface area (Å²) in [5, 5.41) is 2.08. The molecule has 36 heavy (non-hydrogen) atoms. The van der Waals surface area contributed by atoms with Crippen molar-refractivity contribution < 1.29 is 13.2 Å². The Bertz CT molecular complexity index is 1340. The van der Waals surface area contributed by atoms with Crippen molar-refractivity contribution in [1.82, 2.24) is 9.21 Å². The molecule has 0 saturated carbocycles. The number of fused-ring (bicyclic) bond motifs is 1.